The summed E-state index contributed by atoms with van der Waals surface area (Å²) in [7, 11) is 0. The zero-order valence-corrected chi connectivity index (χ0v) is 18.7. The smallest absolute Gasteiger partial charge is 0.124 e. The fraction of sp³-hybridized carbons (Fsp3) is 0.429. The zero-order valence-electron chi connectivity index (χ0n) is 15.6. The molecule has 2 aromatic rings. The first-order chi connectivity index (χ1) is 12.7. The second kappa shape index (κ2) is 10.9. The number of piperidine rings is 3. The van der Waals surface area contributed by atoms with Crippen LogP contribution in [0.25, 0.3) is 0 Å². The van der Waals surface area contributed by atoms with Gasteiger partial charge in [0.25, 0.3) is 0 Å². The molecule has 0 radical (unpaired) electrons. The van der Waals surface area contributed by atoms with Crippen LogP contribution in [0.1, 0.15) is 24.0 Å². The van der Waals surface area contributed by atoms with Gasteiger partial charge in [-0.1, -0.05) is 41.4 Å². The molecule has 0 amide bonds. The lowest BCUT2D eigenvalue weighted by Crippen LogP contribution is -2.55. The second-order valence-corrected chi connectivity index (χ2v) is 8.10. The number of hydrogen-bond acceptors (Lipinski definition) is 3. The molecule has 28 heavy (non-hydrogen) atoms. The summed E-state index contributed by atoms with van der Waals surface area (Å²) >= 11 is 12.5. The van der Waals surface area contributed by atoms with Crippen LogP contribution >= 0.6 is 48.0 Å². The normalized spacial score (nSPS) is 22.9. The third kappa shape index (κ3) is 5.69. The Balaban J connectivity index is 0.00000140. The Bertz CT molecular complexity index is 766. The Hall–Kier alpha value is -0.680. The van der Waals surface area contributed by atoms with Crippen molar-refractivity contribution in [2.45, 2.75) is 32.0 Å². The third-order valence-corrected chi connectivity index (χ3v) is 6.18. The van der Waals surface area contributed by atoms with Crippen LogP contribution < -0.4 is 10.1 Å². The lowest BCUT2D eigenvalue weighted by Gasteiger charge is -2.45. The summed E-state index contributed by atoms with van der Waals surface area (Å²) in [5, 5.41) is 5.21. The molecular formula is C21H26Cl4N2O. The van der Waals surface area contributed by atoms with Gasteiger partial charge in [-0.15, -0.1) is 24.8 Å². The van der Waals surface area contributed by atoms with Crippen molar-refractivity contribution in [2.24, 2.45) is 5.92 Å². The number of rotatable bonds is 6. The molecule has 3 saturated heterocycles. The highest BCUT2D eigenvalue weighted by Gasteiger charge is 2.33. The lowest BCUT2D eigenvalue weighted by atomic mass is 9.84. The van der Waals surface area contributed by atoms with Crippen LogP contribution in [-0.2, 0) is 13.2 Å². The van der Waals surface area contributed by atoms with Gasteiger partial charge in [0, 0.05) is 40.3 Å². The molecule has 1 N–H and O–H groups in total. The van der Waals surface area contributed by atoms with E-state index < -0.39 is 0 Å². The van der Waals surface area contributed by atoms with Gasteiger partial charge in [0.15, 0.2) is 0 Å². The third-order valence-electron chi connectivity index (χ3n) is 5.57. The van der Waals surface area contributed by atoms with Crippen molar-refractivity contribution in [3.63, 3.8) is 0 Å². The van der Waals surface area contributed by atoms with Gasteiger partial charge in [-0.2, -0.15) is 0 Å². The molecule has 0 saturated carbocycles. The van der Waals surface area contributed by atoms with Gasteiger partial charge in [0.05, 0.1) is 0 Å². The van der Waals surface area contributed by atoms with E-state index in [2.05, 4.69) is 10.2 Å². The number of halogens is 4. The summed E-state index contributed by atoms with van der Waals surface area (Å²) in [6.45, 7) is 4.89. The van der Waals surface area contributed by atoms with Gasteiger partial charge in [-0.05, 0) is 56.1 Å². The minimum absolute atomic E-state index is 0. The van der Waals surface area contributed by atoms with Crippen molar-refractivity contribution >= 4 is 48.0 Å². The van der Waals surface area contributed by atoms with E-state index in [1.807, 2.05) is 42.5 Å². The van der Waals surface area contributed by atoms with Crippen LogP contribution in [0.5, 0.6) is 5.75 Å². The van der Waals surface area contributed by atoms with Crippen LogP contribution in [0.4, 0.5) is 0 Å². The van der Waals surface area contributed by atoms with Crippen molar-refractivity contribution in [1.82, 2.24) is 10.2 Å². The molecule has 5 rings (SSSR count). The fourth-order valence-corrected chi connectivity index (χ4v) is 4.42. The molecule has 0 aromatic heterocycles. The maximum Gasteiger partial charge on any atom is 0.124 e. The van der Waals surface area contributed by atoms with Gasteiger partial charge in [-0.25, -0.2) is 0 Å². The van der Waals surface area contributed by atoms with Crippen molar-refractivity contribution < 1.29 is 4.74 Å². The summed E-state index contributed by atoms with van der Waals surface area (Å²) in [6.07, 6.45) is 2.62. The van der Waals surface area contributed by atoms with E-state index in [1.165, 1.54) is 25.9 Å². The lowest BCUT2D eigenvalue weighted by molar-refractivity contribution is 0.0718. The Morgan fingerprint density at radius 3 is 2.43 bits per heavy atom. The molecule has 3 fully saturated rings. The van der Waals surface area contributed by atoms with Gasteiger partial charge < -0.3 is 15.0 Å². The predicted octanol–water partition coefficient (Wildman–Crippen LogP) is 5.60. The van der Waals surface area contributed by atoms with Crippen molar-refractivity contribution in [3.8, 4) is 5.75 Å². The van der Waals surface area contributed by atoms with Crippen molar-refractivity contribution in [2.75, 3.05) is 19.6 Å². The molecule has 3 aliphatic rings. The molecule has 3 heterocycles. The molecule has 1 atom stereocenters. The maximum atomic E-state index is 6.24. The number of benzene rings is 2. The first-order valence-corrected chi connectivity index (χ1v) is 10.0. The van der Waals surface area contributed by atoms with Gasteiger partial charge in [-0.3, -0.25) is 0 Å². The average Bonchev–Trinajstić information content (AvgIpc) is 2.68. The summed E-state index contributed by atoms with van der Waals surface area (Å²) in [6, 6.07) is 14.2. The quantitative estimate of drug-likeness (QED) is 0.603. The fourth-order valence-electron chi connectivity index (χ4n) is 4.04. The summed E-state index contributed by atoms with van der Waals surface area (Å²) in [5.74, 6) is 1.66. The van der Waals surface area contributed by atoms with E-state index >= 15 is 0 Å². The van der Waals surface area contributed by atoms with E-state index in [-0.39, 0.29) is 24.8 Å². The number of ether oxygens (including phenoxy) is 1. The highest BCUT2D eigenvalue weighted by molar-refractivity contribution is 6.31. The number of nitrogens with zero attached hydrogens (tertiary/aromatic N) is 1. The van der Waals surface area contributed by atoms with Crippen LogP contribution in [0, 0.1) is 5.92 Å². The minimum Gasteiger partial charge on any atom is -0.489 e. The SMILES string of the molecule is Cl.Cl.Clc1ccc(OCc2ccccc2Cl)c(CNC2CN3CCC2CC3)c1. The largest absolute Gasteiger partial charge is 0.489 e. The minimum atomic E-state index is 0. The monoisotopic (exact) mass is 462 g/mol. The number of fused-ring (bicyclic) bond motifs is 3. The molecule has 0 spiro atoms. The summed E-state index contributed by atoms with van der Waals surface area (Å²) in [4.78, 5) is 2.56. The highest BCUT2D eigenvalue weighted by Crippen LogP contribution is 2.29. The molecule has 1 unspecified atom stereocenters. The number of nitrogens with one attached hydrogen (secondary N) is 1. The van der Waals surface area contributed by atoms with E-state index in [9.17, 15) is 0 Å². The van der Waals surface area contributed by atoms with E-state index in [4.69, 9.17) is 27.9 Å². The first kappa shape index (κ1) is 23.6. The van der Waals surface area contributed by atoms with Gasteiger partial charge in [0.1, 0.15) is 12.4 Å². The van der Waals surface area contributed by atoms with E-state index in [1.54, 1.807) is 0 Å². The Kier molecular flexibility index (Phi) is 9.20. The summed E-state index contributed by atoms with van der Waals surface area (Å²) in [5.41, 5.74) is 2.08. The molecule has 2 bridgehead atoms. The Labute approximate surface area is 189 Å². The molecule has 0 aliphatic carbocycles. The van der Waals surface area contributed by atoms with Gasteiger partial charge in [0.2, 0.25) is 0 Å². The Morgan fingerprint density at radius 2 is 1.75 bits per heavy atom. The summed E-state index contributed by atoms with van der Waals surface area (Å²) < 4.78 is 6.07. The Morgan fingerprint density at radius 1 is 1.00 bits per heavy atom. The topological polar surface area (TPSA) is 24.5 Å². The molecule has 7 heteroatoms. The van der Waals surface area contributed by atoms with Gasteiger partial charge >= 0.3 is 0 Å². The molecule has 3 aliphatic heterocycles. The predicted molar refractivity (Wildman–Crippen MR) is 122 cm³/mol. The first-order valence-electron chi connectivity index (χ1n) is 9.29. The maximum absolute atomic E-state index is 6.24. The van der Waals surface area contributed by atoms with E-state index in [0.29, 0.717) is 12.6 Å². The van der Waals surface area contributed by atoms with Crippen LogP contribution in [0.3, 0.4) is 0 Å². The van der Waals surface area contributed by atoms with E-state index in [0.717, 1.165) is 45.9 Å². The highest BCUT2D eigenvalue weighted by atomic mass is 35.5. The van der Waals surface area contributed by atoms with Crippen molar-refractivity contribution in [1.29, 1.82) is 0 Å². The van der Waals surface area contributed by atoms with Crippen molar-refractivity contribution in [3.05, 3.63) is 63.6 Å². The average molecular weight is 464 g/mol. The van der Waals surface area contributed by atoms with Crippen LogP contribution in [-0.4, -0.2) is 30.6 Å². The molecule has 154 valence electrons. The van der Waals surface area contributed by atoms with Crippen LogP contribution in [0.2, 0.25) is 10.0 Å². The standard InChI is InChI=1S/C21H24Cl2N2O.2ClH/c22-18-5-6-21(26-14-16-3-1-2-4-19(16)23)17(11-18)12-24-20-13-25-9-7-15(20)8-10-25;;/h1-6,11,15,20,24H,7-10,12-14H2;2*1H. The molecular weight excluding hydrogens is 438 g/mol. The van der Waals surface area contributed by atoms with Crippen LogP contribution in [0.15, 0.2) is 42.5 Å². The molecule has 3 nitrogen and oxygen atoms in total. The second-order valence-electron chi connectivity index (χ2n) is 7.26. The number of hydrogen-bond donors (Lipinski definition) is 1. The molecule has 2 aromatic carbocycles. The zero-order chi connectivity index (χ0) is 17.9.